The van der Waals surface area contributed by atoms with Crippen LogP contribution in [0.25, 0.3) is 0 Å². The third-order valence-electron chi connectivity index (χ3n) is 6.85. The number of piperazine rings is 1. The number of amides is 2. The van der Waals surface area contributed by atoms with E-state index in [1.165, 1.54) is 6.42 Å². The Kier molecular flexibility index (Phi) is 8.66. The third-order valence-corrected chi connectivity index (χ3v) is 6.85. The van der Waals surface area contributed by atoms with Crippen molar-refractivity contribution in [3.05, 3.63) is 29.8 Å². The van der Waals surface area contributed by atoms with Gasteiger partial charge < -0.3 is 9.80 Å². The van der Waals surface area contributed by atoms with Crippen LogP contribution in [0.3, 0.4) is 0 Å². The van der Waals surface area contributed by atoms with Crippen LogP contribution >= 0.6 is 0 Å². The zero-order chi connectivity index (χ0) is 23.1. The predicted molar refractivity (Wildman–Crippen MR) is 126 cm³/mol. The minimum atomic E-state index is -0.269. The van der Waals surface area contributed by atoms with Crippen molar-refractivity contribution in [1.82, 2.24) is 14.7 Å². The Labute approximate surface area is 192 Å². The van der Waals surface area contributed by atoms with Crippen molar-refractivity contribution < 1.29 is 9.59 Å². The van der Waals surface area contributed by atoms with Gasteiger partial charge in [-0.15, -0.1) is 0 Å². The Hall–Kier alpha value is -2.43. The summed E-state index contributed by atoms with van der Waals surface area (Å²) >= 11 is 0. The molecular weight excluding hydrogens is 402 g/mol. The Balaban J connectivity index is 1.55. The molecule has 1 aromatic rings. The summed E-state index contributed by atoms with van der Waals surface area (Å²) in [5, 5.41) is 9.05. The SMILES string of the molecule is Cc1ccc(N(CCC#N)C(=O)C(C)N2CCN(CC(=O)N3CCCCC3C)CC2)cc1. The second-order valence-corrected chi connectivity index (χ2v) is 9.15. The van der Waals surface area contributed by atoms with Gasteiger partial charge in [-0.1, -0.05) is 17.7 Å². The van der Waals surface area contributed by atoms with Crippen molar-refractivity contribution in [2.45, 2.75) is 58.5 Å². The molecule has 32 heavy (non-hydrogen) atoms. The van der Waals surface area contributed by atoms with Gasteiger partial charge in [0.15, 0.2) is 0 Å². The van der Waals surface area contributed by atoms with E-state index in [2.05, 4.69) is 22.8 Å². The molecule has 174 valence electrons. The molecule has 0 spiro atoms. The number of carbonyl (C=O) groups excluding carboxylic acids is 2. The van der Waals surface area contributed by atoms with Crippen LogP contribution in [-0.4, -0.2) is 84.4 Å². The topological polar surface area (TPSA) is 70.9 Å². The van der Waals surface area contributed by atoms with E-state index in [-0.39, 0.29) is 17.9 Å². The Bertz CT molecular complexity index is 811. The third kappa shape index (κ3) is 6.08. The number of nitriles is 1. The minimum absolute atomic E-state index is 0.0239. The second-order valence-electron chi connectivity index (χ2n) is 9.15. The normalized spacial score (nSPS) is 21.1. The fraction of sp³-hybridized carbons (Fsp3) is 0.640. The summed E-state index contributed by atoms with van der Waals surface area (Å²) in [6.07, 6.45) is 3.72. The van der Waals surface area contributed by atoms with Crippen LogP contribution in [0.1, 0.15) is 45.1 Å². The van der Waals surface area contributed by atoms with E-state index >= 15 is 0 Å². The maximum absolute atomic E-state index is 13.3. The molecule has 2 amide bonds. The molecule has 2 saturated heterocycles. The van der Waals surface area contributed by atoms with Gasteiger partial charge in [0, 0.05) is 51.0 Å². The number of benzene rings is 1. The molecule has 7 heteroatoms. The zero-order valence-electron chi connectivity index (χ0n) is 19.8. The van der Waals surface area contributed by atoms with Crippen molar-refractivity contribution >= 4 is 17.5 Å². The van der Waals surface area contributed by atoms with Gasteiger partial charge in [0.2, 0.25) is 11.8 Å². The molecule has 0 bridgehead atoms. The van der Waals surface area contributed by atoms with Gasteiger partial charge >= 0.3 is 0 Å². The second kappa shape index (κ2) is 11.4. The lowest BCUT2D eigenvalue weighted by Gasteiger charge is -2.40. The van der Waals surface area contributed by atoms with Crippen LogP contribution in [0.4, 0.5) is 5.69 Å². The molecule has 2 heterocycles. The number of hydrogen-bond acceptors (Lipinski definition) is 5. The number of nitrogens with zero attached hydrogens (tertiary/aromatic N) is 5. The Morgan fingerprint density at radius 2 is 1.81 bits per heavy atom. The van der Waals surface area contributed by atoms with Crippen molar-refractivity contribution in [2.75, 3.05) is 50.7 Å². The van der Waals surface area contributed by atoms with Gasteiger partial charge in [-0.05, 0) is 52.2 Å². The summed E-state index contributed by atoms with van der Waals surface area (Å²) in [6, 6.07) is 10.1. The zero-order valence-corrected chi connectivity index (χ0v) is 19.8. The smallest absolute Gasteiger partial charge is 0.244 e. The van der Waals surface area contributed by atoms with E-state index in [1.807, 2.05) is 43.0 Å². The molecule has 2 atom stereocenters. The van der Waals surface area contributed by atoms with Crippen LogP contribution in [0.15, 0.2) is 24.3 Å². The fourth-order valence-electron chi connectivity index (χ4n) is 4.69. The average molecular weight is 440 g/mol. The predicted octanol–water partition coefficient (Wildman–Crippen LogP) is 2.65. The molecule has 2 aliphatic heterocycles. The first-order chi connectivity index (χ1) is 15.4. The maximum atomic E-state index is 13.3. The van der Waals surface area contributed by atoms with E-state index in [0.29, 0.717) is 25.6 Å². The molecule has 0 saturated carbocycles. The highest BCUT2D eigenvalue weighted by Crippen LogP contribution is 2.20. The summed E-state index contributed by atoms with van der Waals surface area (Å²) in [7, 11) is 0. The lowest BCUT2D eigenvalue weighted by atomic mass is 10.0. The Morgan fingerprint density at radius 3 is 2.44 bits per heavy atom. The van der Waals surface area contributed by atoms with Gasteiger partial charge in [-0.25, -0.2) is 0 Å². The first-order valence-electron chi connectivity index (χ1n) is 11.9. The molecule has 7 nitrogen and oxygen atoms in total. The highest BCUT2D eigenvalue weighted by Gasteiger charge is 2.31. The van der Waals surface area contributed by atoms with Crippen molar-refractivity contribution in [3.8, 4) is 6.07 Å². The van der Waals surface area contributed by atoms with Gasteiger partial charge in [0.1, 0.15) is 0 Å². The number of likely N-dealkylation sites (tertiary alicyclic amines) is 1. The molecule has 1 aromatic carbocycles. The molecule has 0 N–H and O–H groups in total. The standard InChI is InChI=1S/C25H37N5O2/c1-20-8-10-23(11-9-20)30(14-6-12-26)25(32)22(3)28-17-15-27(16-18-28)19-24(31)29-13-5-4-7-21(29)2/h8-11,21-22H,4-7,13-19H2,1-3H3. The number of piperidine rings is 1. The van der Waals surface area contributed by atoms with Crippen LogP contribution in [0.5, 0.6) is 0 Å². The number of carbonyl (C=O) groups is 2. The van der Waals surface area contributed by atoms with Gasteiger partial charge in [0.05, 0.1) is 25.1 Å². The quantitative estimate of drug-likeness (QED) is 0.653. The Morgan fingerprint density at radius 1 is 1.12 bits per heavy atom. The van der Waals surface area contributed by atoms with Crippen molar-refractivity contribution in [1.29, 1.82) is 5.26 Å². The number of anilines is 1. The minimum Gasteiger partial charge on any atom is -0.339 e. The molecule has 3 rings (SSSR count). The van der Waals surface area contributed by atoms with E-state index < -0.39 is 0 Å². The molecule has 2 fully saturated rings. The molecule has 0 aromatic heterocycles. The van der Waals surface area contributed by atoms with Crippen LogP contribution in [-0.2, 0) is 9.59 Å². The molecule has 0 radical (unpaired) electrons. The highest BCUT2D eigenvalue weighted by atomic mass is 16.2. The average Bonchev–Trinajstić information content (AvgIpc) is 2.80. The summed E-state index contributed by atoms with van der Waals surface area (Å²) in [5.74, 6) is 0.257. The summed E-state index contributed by atoms with van der Waals surface area (Å²) in [5.41, 5.74) is 1.97. The number of rotatable bonds is 7. The molecule has 2 unspecified atom stereocenters. The number of aryl methyl sites for hydroxylation is 1. The number of hydrogen-bond donors (Lipinski definition) is 0. The van der Waals surface area contributed by atoms with E-state index in [9.17, 15) is 9.59 Å². The van der Waals surface area contributed by atoms with Crippen molar-refractivity contribution in [2.24, 2.45) is 0 Å². The highest BCUT2D eigenvalue weighted by molar-refractivity contribution is 5.97. The van der Waals surface area contributed by atoms with E-state index in [4.69, 9.17) is 5.26 Å². The first-order valence-corrected chi connectivity index (χ1v) is 11.9. The molecule has 2 aliphatic rings. The van der Waals surface area contributed by atoms with Crippen molar-refractivity contribution in [3.63, 3.8) is 0 Å². The molecule has 0 aliphatic carbocycles. The first kappa shape index (κ1) is 24.2. The van der Waals surface area contributed by atoms with Gasteiger partial charge in [0.25, 0.3) is 0 Å². The summed E-state index contributed by atoms with van der Waals surface area (Å²) in [4.78, 5) is 34.3. The van der Waals surface area contributed by atoms with Crippen LogP contribution < -0.4 is 4.90 Å². The van der Waals surface area contributed by atoms with Gasteiger partial charge in [-0.3, -0.25) is 19.4 Å². The van der Waals surface area contributed by atoms with Crippen LogP contribution in [0.2, 0.25) is 0 Å². The van der Waals surface area contributed by atoms with E-state index in [0.717, 1.165) is 56.8 Å². The summed E-state index contributed by atoms with van der Waals surface area (Å²) < 4.78 is 0. The van der Waals surface area contributed by atoms with Gasteiger partial charge in [-0.2, -0.15) is 5.26 Å². The lowest BCUT2D eigenvalue weighted by molar-refractivity contribution is -0.136. The summed E-state index contributed by atoms with van der Waals surface area (Å²) in [6.45, 7) is 10.9. The largest absolute Gasteiger partial charge is 0.339 e. The fourth-order valence-corrected chi connectivity index (χ4v) is 4.69. The monoisotopic (exact) mass is 439 g/mol. The van der Waals surface area contributed by atoms with Crippen LogP contribution in [0, 0.1) is 18.3 Å². The lowest BCUT2D eigenvalue weighted by Crippen LogP contribution is -2.56. The van der Waals surface area contributed by atoms with E-state index in [1.54, 1.807) is 4.90 Å². The molecular formula is C25H37N5O2. The maximum Gasteiger partial charge on any atom is 0.244 e.